The second-order valence-electron chi connectivity index (χ2n) is 5.89. The molecule has 2 aromatic heterocycles. The molecule has 0 aliphatic rings. The Labute approximate surface area is 163 Å². The van der Waals surface area contributed by atoms with E-state index in [4.69, 9.17) is 4.74 Å². The highest BCUT2D eigenvalue weighted by Crippen LogP contribution is 2.26. The molecular formula is C19H14N4O4S. The van der Waals surface area contributed by atoms with Gasteiger partial charge in [-0.1, -0.05) is 0 Å². The number of hydrogen-bond acceptors (Lipinski definition) is 6. The molecule has 1 amide bonds. The van der Waals surface area contributed by atoms with Gasteiger partial charge in [-0.05, 0) is 36.4 Å². The number of rotatable bonds is 5. The molecule has 0 spiro atoms. The summed E-state index contributed by atoms with van der Waals surface area (Å²) in [6.45, 7) is 0. The zero-order valence-corrected chi connectivity index (χ0v) is 15.5. The predicted molar refractivity (Wildman–Crippen MR) is 106 cm³/mol. The highest BCUT2D eigenvalue weighted by Gasteiger charge is 2.16. The first-order valence-electron chi connectivity index (χ1n) is 8.22. The van der Waals surface area contributed by atoms with Crippen molar-refractivity contribution in [2.75, 3.05) is 12.4 Å². The number of benzene rings is 2. The Morgan fingerprint density at radius 3 is 2.54 bits per heavy atom. The van der Waals surface area contributed by atoms with E-state index in [0.29, 0.717) is 16.3 Å². The number of anilines is 1. The summed E-state index contributed by atoms with van der Waals surface area (Å²) >= 11 is 1.36. The van der Waals surface area contributed by atoms with Crippen LogP contribution in [-0.4, -0.2) is 27.3 Å². The normalized spacial score (nSPS) is 10.8. The number of fused-ring (bicyclic) bond motifs is 1. The summed E-state index contributed by atoms with van der Waals surface area (Å²) in [4.78, 5) is 28.1. The first-order chi connectivity index (χ1) is 13.5. The molecule has 1 N–H and O–H groups in total. The summed E-state index contributed by atoms with van der Waals surface area (Å²) in [7, 11) is 1.61. The third-order valence-electron chi connectivity index (χ3n) is 4.16. The van der Waals surface area contributed by atoms with Gasteiger partial charge in [0, 0.05) is 35.0 Å². The number of non-ortho nitro benzene ring substituents is 1. The van der Waals surface area contributed by atoms with Gasteiger partial charge in [0.1, 0.15) is 11.4 Å². The average molecular weight is 394 g/mol. The number of methoxy groups -OCH3 is 1. The number of nitrogens with one attached hydrogen (secondary N) is 1. The second kappa shape index (κ2) is 7.12. The number of carbonyl (C=O) groups excluding carboxylic acids is 1. The highest BCUT2D eigenvalue weighted by atomic mass is 32.1. The number of thiazole rings is 1. The molecule has 0 aliphatic heterocycles. The van der Waals surface area contributed by atoms with Crippen LogP contribution in [0.2, 0.25) is 0 Å². The Morgan fingerprint density at radius 2 is 1.89 bits per heavy atom. The molecule has 0 saturated carbocycles. The largest absolute Gasteiger partial charge is 0.497 e. The Bertz CT molecular complexity index is 1160. The fourth-order valence-corrected chi connectivity index (χ4v) is 3.56. The van der Waals surface area contributed by atoms with Crippen LogP contribution in [0.3, 0.4) is 0 Å². The molecular weight excluding hydrogens is 380 g/mol. The number of aromatic nitrogens is 2. The van der Waals surface area contributed by atoms with Crippen LogP contribution in [0.5, 0.6) is 5.75 Å². The minimum atomic E-state index is -0.486. The van der Waals surface area contributed by atoms with Gasteiger partial charge in [-0.25, -0.2) is 4.98 Å². The SMILES string of the molecule is COc1ccc(-c2cn3c(C(=O)Nc4ccc([N+](=O)[O-])cc4)csc3n2)cc1. The standard InChI is InChI=1S/C19H14N4O4S/c1-27-15-8-2-12(3-9-15)16-10-22-17(11-28-19(22)21-16)18(24)20-13-4-6-14(7-5-13)23(25)26/h2-11H,1H3,(H,20,24). The van der Waals surface area contributed by atoms with E-state index in [1.807, 2.05) is 24.3 Å². The van der Waals surface area contributed by atoms with Crippen LogP contribution in [0.1, 0.15) is 10.5 Å². The maximum atomic E-state index is 12.6. The molecule has 0 atom stereocenters. The summed E-state index contributed by atoms with van der Waals surface area (Å²) in [6.07, 6.45) is 1.80. The molecule has 4 rings (SSSR count). The van der Waals surface area contributed by atoms with E-state index in [0.717, 1.165) is 17.0 Å². The second-order valence-corrected chi connectivity index (χ2v) is 6.72. The summed E-state index contributed by atoms with van der Waals surface area (Å²) in [6, 6.07) is 13.2. The van der Waals surface area contributed by atoms with E-state index >= 15 is 0 Å². The van der Waals surface area contributed by atoms with E-state index in [-0.39, 0.29) is 11.6 Å². The van der Waals surface area contributed by atoms with Crippen molar-refractivity contribution in [1.29, 1.82) is 0 Å². The molecule has 4 aromatic rings. The van der Waals surface area contributed by atoms with Crippen molar-refractivity contribution in [3.05, 3.63) is 75.9 Å². The van der Waals surface area contributed by atoms with Crippen LogP contribution in [0, 0.1) is 10.1 Å². The molecule has 0 fully saturated rings. The number of nitro groups is 1. The number of imidazole rings is 1. The number of nitrogens with zero attached hydrogens (tertiary/aromatic N) is 3. The highest BCUT2D eigenvalue weighted by molar-refractivity contribution is 7.15. The minimum absolute atomic E-state index is 0.0327. The van der Waals surface area contributed by atoms with Crippen molar-refractivity contribution in [1.82, 2.24) is 9.38 Å². The van der Waals surface area contributed by atoms with Crippen LogP contribution in [0.25, 0.3) is 16.2 Å². The lowest BCUT2D eigenvalue weighted by atomic mass is 10.2. The van der Waals surface area contributed by atoms with Gasteiger partial charge < -0.3 is 10.1 Å². The van der Waals surface area contributed by atoms with Gasteiger partial charge in [0.05, 0.1) is 17.7 Å². The van der Waals surface area contributed by atoms with Crippen LogP contribution < -0.4 is 10.1 Å². The number of nitro benzene ring substituents is 1. The Balaban J connectivity index is 1.58. The van der Waals surface area contributed by atoms with Gasteiger partial charge >= 0.3 is 0 Å². The van der Waals surface area contributed by atoms with Gasteiger partial charge in [-0.2, -0.15) is 0 Å². The van der Waals surface area contributed by atoms with Gasteiger partial charge in [-0.15, -0.1) is 11.3 Å². The lowest BCUT2D eigenvalue weighted by molar-refractivity contribution is -0.384. The fourth-order valence-electron chi connectivity index (χ4n) is 2.71. The van der Waals surface area contributed by atoms with Crippen LogP contribution in [0.4, 0.5) is 11.4 Å². The molecule has 2 aromatic carbocycles. The zero-order chi connectivity index (χ0) is 19.7. The molecule has 8 nitrogen and oxygen atoms in total. The maximum absolute atomic E-state index is 12.6. The fraction of sp³-hybridized carbons (Fsp3) is 0.0526. The average Bonchev–Trinajstić information content (AvgIpc) is 3.29. The lowest BCUT2D eigenvalue weighted by Gasteiger charge is -2.04. The molecule has 140 valence electrons. The van der Waals surface area contributed by atoms with E-state index in [1.54, 1.807) is 23.1 Å². The van der Waals surface area contributed by atoms with E-state index in [1.165, 1.54) is 35.6 Å². The maximum Gasteiger partial charge on any atom is 0.273 e. The summed E-state index contributed by atoms with van der Waals surface area (Å²) in [5.41, 5.74) is 2.54. The Hall–Kier alpha value is -3.72. The third kappa shape index (κ3) is 3.30. The number of carbonyl (C=O) groups is 1. The van der Waals surface area contributed by atoms with Crippen molar-refractivity contribution < 1.29 is 14.5 Å². The van der Waals surface area contributed by atoms with Gasteiger partial charge in [0.25, 0.3) is 11.6 Å². The lowest BCUT2D eigenvalue weighted by Crippen LogP contribution is -2.13. The van der Waals surface area contributed by atoms with Crippen molar-refractivity contribution in [3.63, 3.8) is 0 Å². The monoisotopic (exact) mass is 394 g/mol. The first-order valence-corrected chi connectivity index (χ1v) is 9.10. The minimum Gasteiger partial charge on any atom is -0.497 e. The Morgan fingerprint density at radius 1 is 1.18 bits per heavy atom. The molecule has 0 unspecified atom stereocenters. The summed E-state index contributed by atoms with van der Waals surface area (Å²) < 4.78 is 6.89. The number of ether oxygens (including phenoxy) is 1. The molecule has 0 saturated heterocycles. The van der Waals surface area contributed by atoms with Crippen LogP contribution in [0.15, 0.2) is 60.1 Å². The van der Waals surface area contributed by atoms with E-state index in [2.05, 4.69) is 10.3 Å². The molecule has 28 heavy (non-hydrogen) atoms. The van der Waals surface area contributed by atoms with Crippen LogP contribution >= 0.6 is 11.3 Å². The number of hydrogen-bond donors (Lipinski definition) is 1. The van der Waals surface area contributed by atoms with E-state index in [9.17, 15) is 14.9 Å². The smallest absolute Gasteiger partial charge is 0.273 e. The zero-order valence-electron chi connectivity index (χ0n) is 14.7. The van der Waals surface area contributed by atoms with Crippen molar-refractivity contribution in [2.45, 2.75) is 0 Å². The summed E-state index contributed by atoms with van der Waals surface area (Å²) in [5.74, 6) is 0.437. The van der Waals surface area contributed by atoms with Gasteiger partial charge in [-0.3, -0.25) is 19.3 Å². The summed E-state index contributed by atoms with van der Waals surface area (Å²) in [5, 5.41) is 15.2. The van der Waals surface area contributed by atoms with Crippen LogP contribution in [-0.2, 0) is 0 Å². The van der Waals surface area contributed by atoms with E-state index < -0.39 is 4.92 Å². The van der Waals surface area contributed by atoms with Gasteiger partial charge in [0.15, 0.2) is 4.96 Å². The van der Waals surface area contributed by atoms with Crippen molar-refractivity contribution >= 4 is 33.6 Å². The topological polar surface area (TPSA) is 98.8 Å². The molecule has 0 radical (unpaired) electrons. The quantitative estimate of drug-likeness (QED) is 0.403. The molecule has 9 heteroatoms. The first kappa shape index (κ1) is 17.7. The number of amides is 1. The Kier molecular flexibility index (Phi) is 4.50. The molecule has 2 heterocycles. The van der Waals surface area contributed by atoms with Crippen molar-refractivity contribution in [2.24, 2.45) is 0 Å². The molecule has 0 bridgehead atoms. The molecule has 0 aliphatic carbocycles. The van der Waals surface area contributed by atoms with Gasteiger partial charge in [0.2, 0.25) is 0 Å². The predicted octanol–water partition coefficient (Wildman–Crippen LogP) is 4.23. The van der Waals surface area contributed by atoms with Crippen molar-refractivity contribution in [3.8, 4) is 17.0 Å². The third-order valence-corrected chi connectivity index (χ3v) is 5.00.